The highest BCUT2D eigenvalue weighted by molar-refractivity contribution is 5.40. The van der Waals surface area contributed by atoms with Gasteiger partial charge >= 0.3 is 0 Å². The molecule has 1 aromatic carbocycles. The fourth-order valence-corrected chi connectivity index (χ4v) is 6.22. The number of hydrogen-bond acceptors (Lipinski definition) is 2. The summed E-state index contributed by atoms with van der Waals surface area (Å²) in [6.45, 7) is 4.33. The molecule has 0 aromatic heterocycles. The van der Waals surface area contributed by atoms with Gasteiger partial charge in [0.25, 0.3) is 0 Å². The van der Waals surface area contributed by atoms with E-state index in [0.29, 0.717) is 29.9 Å². The van der Waals surface area contributed by atoms with Gasteiger partial charge in [0.1, 0.15) is 11.9 Å². The largest absolute Gasteiger partial charge is 0.508 e. The van der Waals surface area contributed by atoms with E-state index in [2.05, 4.69) is 19.9 Å². The molecular weight excluding hydrogens is 291 g/mol. The van der Waals surface area contributed by atoms with E-state index in [9.17, 15) is 14.6 Å². The Balaban J connectivity index is 1.78. The van der Waals surface area contributed by atoms with Gasteiger partial charge in [0.2, 0.25) is 0 Å². The van der Waals surface area contributed by atoms with E-state index >= 15 is 0 Å². The summed E-state index contributed by atoms with van der Waals surface area (Å²) in [5.41, 5.74) is 2.36. The number of benzene rings is 1. The number of halogens is 1. The molecule has 0 saturated heterocycles. The number of alkyl halides is 1. The van der Waals surface area contributed by atoms with Crippen molar-refractivity contribution < 1.29 is 14.6 Å². The summed E-state index contributed by atoms with van der Waals surface area (Å²) in [4.78, 5) is 0. The highest BCUT2D eigenvalue weighted by Crippen LogP contribution is 2.63. The van der Waals surface area contributed by atoms with Crippen LogP contribution < -0.4 is 0 Å². The molecule has 7 unspecified atom stereocenters. The van der Waals surface area contributed by atoms with Gasteiger partial charge in [-0.2, -0.15) is 0 Å². The fourth-order valence-electron chi connectivity index (χ4n) is 6.22. The Morgan fingerprint density at radius 3 is 2.87 bits per heavy atom. The molecule has 0 heterocycles. The quantitative estimate of drug-likeness (QED) is 0.815. The van der Waals surface area contributed by atoms with E-state index in [-0.39, 0.29) is 11.3 Å². The van der Waals surface area contributed by atoms with Crippen LogP contribution in [0.4, 0.5) is 4.39 Å². The van der Waals surface area contributed by atoms with Crippen molar-refractivity contribution in [3.63, 3.8) is 0 Å². The molecule has 23 heavy (non-hydrogen) atoms. The second-order valence-electron chi connectivity index (χ2n) is 8.29. The Morgan fingerprint density at radius 2 is 2.13 bits per heavy atom. The lowest BCUT2D eigenvalue weighted by molar-refractivity contribution is -0.0586. The number of aliphatic hydroxyl groups is 1. The van der Waals surface area contributed by atoms with Gasteiger partial charge in [-0.05, 0) is 78.0 Å². The van der Waals surface area contributed by atoms with Crippen LogP contribution in [0.3, 0.4) is 0 Å². The van der Waals surface area contributed by atoms with Gasteiger partial charge in [0, 0.05) is 0 Å². The first kappa shape index (κ1) is 15.4. The van der Waals surface area contributed by atoms with E-state index in [1.54, 1.807) is 6.07 Å². The first-order valence-corrected chi connectivity index (χ1v) is 9.09. The van der Waals surface area contributed by atoms with Crippen LogP contribution >= 0.6 is 0 Å². The lowest BCUT2D eigenvalue weighted by atomic mass is 9.51. The van der Waals surface area contributed by atoms with E-state index in [1.807, 2.05) is 6.07 Å². The topological polar surface area (TPSA) is 40.5 Å². The first-order valence-electron chi connectivity index (χ1n) is 9.09. The van der Waals surface area contributed by atoms with Crippen LogP contribution in [0.2, 0.25) is 0 Å². The molecule has 2 fully saturated rings. The number of aryl methyl sites for hydroxylation is 1. The molecule has 2 nitrogen and oxygen atoms in total. The van der Waals surface area contributed by atoms with E-state index in [1.165, 1.54) is 11.1 Å². The Morgan fingerprint density at radius 1 is 1.35 bits per heavy atom. The molecule has 126 valence electrons. The van der Waals surface area contributed by atoms with Crippen LogP contribution in [0.25, 0.3) is 0 Å². The number of aromatic hydroxyl groups is 1. The number of aliphatic hydroxyl groups excluding tert-OH is 1. The lowest BCUT2D eigenvalue weighted by Crippen LogP contribution is -2.48. The number of hydrogen-bond donors (Lipinski definition) is 2. The Labute approximate surface area is 137 Å². The van der Waals surface area contributed by atoms with Gasteiger partial charge in [0.15, 0.2) is 0 Å². The molecule has 3 aliphatic carbocycles. The third-order valence-corrected chi connectivity index (χ3v) is 7.29. The minimum atomic E-state index is -1.07. The molecule has 0 radical (unpaired) electrons. The summed E-state index contributed by atoms with van der Waals surface area (Å²) >= 11 is 0. The number of phenols is 1. The van der Waals surface area contributed by atoms with Crippen molar-refractivity contribution in [2.45, 2.75) is 64.1 Å². The lowest BCUT2D eigenvalue weighted by Gasteiger charge is -2.53. The fraction of sp³-hybridized carbons (Fsp3) is 0.700. The zero-order valence-corrected chi connectivity index (χ0v) is 14.0. The van der Waals surface area contributed by atoms with Crippen LogP contribution in [-0.4, -0.2) is 22.5 Å². The zero-order valence-electron chi connectivity index (χ0n) is 14.0. The number of fused-ring (bicyclic) bond motifs is 5. The van der Waals surface area contributed by atoms with Crippen molar-refractivity contribution in [2.75, 3.05) is 0 Å². The Kier molecular flexibility index (Phi) is 3.49. The Bertz CT molecular complexity index is 616. The van der Waals surface area contributed by atoms with Crippen molar-refractivity contribution in [1.29, 1.82) is 0 Å². The van der Waals surface area contributed by atoms with E-state index in [0.717, 1.165) is 25.7 Å². The van der Waals surface area contributed by atoms with E-state index in [4.69, 9.17) is 0 Å². The molecule has 4 rings (SSSR count). The first-order chi connectivity index (χ1) is 11.0. The molecule has 0 amide bonds. The van der Waals surface area contributed by atoms with Crippen molar-refractivity contribution in [3.05, 3.63) is 29.3 Å². The minimum Gasteiger partial charge on any atom is -0.508 e. The molecule has 1 aromatic rings. The van der Waals surface area contributed by atoms with Gasteiger partial charge in [-0.3, -0.25) is 0 Å². The highest BCUT2D eigenvalue weighted by atomic mass is 19.1. The van der Waals surface area contributed by atoms with Crippen molar-refractivity contribution in [2.24, 2.45) is 23.2 Å². The average Bonchev–Trinajstić information content (AvgIpc) is 2.77. The third kappa shape index (κ3) is 2.08. The number of phenolic OH excluding ortho intramolecular Hbond substituents is 1. The minimum absolute atomic E-state index is 0.268. The summed E-state index contributed by atoms with van der Waals surface area (Å²) < 4.78 is 14.3. The van der Waals surface area contributed by atoms with Crippen LogP contribution in [0.1, 0.15) is 56.6 Å². The van der Waals surface area contributed by atoms with Gasteiger partial charge in [-0.1, -0.05) is 26.3 Å². The van der Waals surface area contributed by atoms with Crippen LogP contribution in [-0.2, 0) is 6.42 Å². The van der Waals surface area contributed by atoms with Crippen molar-refractivity contribution in [1.82, 2.24) is 0 Å². The highest BCUT2D eigenvalue weighted by Gasteiger charge is 2.60. The molecule has 0 aliphatic heterocycles. The predicted molar refractivity (Wildman–Crippen MR) is 88.2 cm³/mol. The molecule has 7 atom stereocenters. The molecule has 0 bridgehead atoms. The molecule has 3 aliphatic rings. The van der Waals surface area contributed by atoms with E-state index < -0.39 is 12.3 Å². The maximum atomic E-state index is 14.3. The SMILES string of the molecule is CCC1CC2(C)C(O)C(F)CC2C2CCc3cc(O)ccc3C12. The van der Waals surface area contributed by atoms with Gasteiger partial charge < -0.3 is 10.2 Å². The van der Waals surface area contributed by atoms with Crippen LogP contribution in [0.15, 0.2) is 18.2 Å². The normalized spacial score (nSPS) is 45.2. The van der Waals surface area contributed by atoms with Crippen molar-refractivity contribution in [3.8, 4) is 5.75 Å². The van der Waals surface area contributed by atoms with Gasteiger partial charge in [-0.25, -0.2) is 4.39 Å². The maximum Gasteiger partial charge on any atom is 0.127 e. The second-order valence-corrected chi connectivity index (χ2v) is 8.29. The summed E-state index contributed by atoms with van der Waals surface area (Å²) in [6.07, 6.45) is 2.64. The average molecular weight is 318 g/mol. The maximum absolute atomic E-state index is 14.3. The molecular formula is C20H27FO2. The Hall–Kier alpha value is -1.09. The van der Waals surface area contributed by atoms with Crippen LogP contribution in [0, 0.1) is 23.2 Å². The third-order valence-electron chi connectivity index (χ3n) is 7.29. The number of rotatable bonds is 1. The summed E-state index contributed by atoms with van der Waals surface area (Å²) in [6, 6.07) is 5.79. The van der Waals surface area contributed by atoms with Gasteiger partial charge in [0.05, 0.1) is 6.10 Å². The zero-order chi connectivity index (χ0) is 16.4. The van der Waals surface area contributed by atoms with Gasteiger partial charge in [-0.15, -0.1) is 0 Å². The molecule has 0 spiro atoms. The van der Waals surface area contributed by atoms with Crippen molar-refractivity contribution >= 4 is 0 Å². The van der Waals surface area contributed by atoms with Crippen LogP contribution in [0.5, 0.6) is 5.75 Å². The monoisotopic (exact) mass is 318 g/mol. The smallest absolute Gasteiger partial charge is 0.127 e. The predicted octanol–water partition coefficient (Wildman–Crippen LogP) is 4.19. The summed E-state index contributed by atoms with van der Waals surface area (Å²) in [5.74, 6) is 2.04. The standard InChI is InChI=1S/C20H27FO2/c1-3-11-10-20(2)16(9-17(21)19(20)23)15-6-4-12-8-13(22)5-7-14(12)18(11)15/h5,7-8,11,15-19,22-23H,3-4,6,9-10H2,1-2H3. The summed E-state index contributed by atoms with van der Waals surface area (Å²) in [5, 5.41) is 20.3. The second kappa shape index (κ2) is 5.20. The molecule has 2 saturated carbocycles. The molecule has 3 heteroatoms. The summed E-state index contributed by atoms with van der Waals surface area (Å²) in [7, 11) is 0. The molecule has 2 N–H and O–H groups in total.